The molecule has 0 aromatic heterocycles. The minimum absolute atomic E-state index is 0.292. The summed E-state index contributed by atoms with van der Waals surface area (Å²) in [5.41, 5.74) is 0. The van der Waals surface area contributed by atoms with Gasteiger partial charge in [0.05, 0.1) is 13.5 Å². The molecule has 4 nitrogen and oxygen atoms in total. The molecule has 1 aliphatic heterocycles. The lowest BCUT2D eigenvalue weighted by Gasteiger charge is -2.42. The van der Waals surface area contributed by atoms with Crippen molar-refractivity contribution >= 4 is 6.41 Å². The lowest BCUT2D eigenvalue weighted by Crippen LogP contribution is -2.61. The summed E-state index contributed by atoms with van der Waals surface area (Å²) >= 11 is 0. The zero-order chi connectivity index (χ0) is 10.2. The minimum atomic E-state index is -0.625. The molecule has 1 N–H and O–H groups in total. The largest absolute Gasteiger partial charge is 0.369 e. The van der Waals surface area contributed by atoms with Crippen LogP contribution < -0.4 is 0 Å². The Morgan fingerprint density at radius 2 is 2.15 bits per heavy atom. The second-order valence-electron chi connectivity index (χ2n) is 4.24. The summed E-state index contributed by atoms with van der Waals surface area (Å²) in [6.45, 7) is 6.18. The molecule has 0 bridgehead atoms. The van der Waals surface area contributed by atoms with Gasteiger partial charge in [-0.05, 0) is 20.8 Å². The van der Waals surface area contributed by atoms with Crippen molar-refractivity contribution in [1.29, 1.82) is 0 Å². The van der Waals surface area contributed by atoms with Crippen LogP contribution in [0.5, 0.6) is 0 Å². The Hall–Kier alpha value is -0.610. The number of hydrogen-bond donors (Lipinski definition) is 1. The Bertz CT molecular complexity index is 208. The average Bonchev–Trinajstić information content (AvgIpc) is 2.24. The number of nitrogens with zero attached hydrogens (tertiary/aromatic N) is 2. The fourth-order valence-electron chi connectivity index (χ4n) is 2.09. The fraction of sp³-hybridized carbons (Fsp3) is 0.889. The van der Waals surface area contributed by atoms with E-state index in [1.165, 1.54) is 5.01 Å². The first kappa shape index (κ1) is 10.5. The van der Waals surface area contributed by atoms with Crippen molar-refractivity contribution in [2.75, 3.05) is 7.05 Å². The molecule has 1 unspecified atom stereocenters. The van der Waals surface area contributed by atoms with Gasteiger partial charge in [0.1, 0.15) is 12.1 Å². The minimum Gasteiger partial charge on any atom is -0.369 e. The van der Waals surface area contributed by atoms with Crippen molar-refractivity contribution in [3.63, 3.8) is 0 Å². The van der Waals surface area contributed by atoms with Crippen molar-refractivity contribution in [1.82, 2.24) is 5.01 Å². The fourth-order valence-corrected chi connectivity index (χ4v) is 2.09. The van der Waals surface area contributed by atoms with Gasteiger partial charge in [0.2, 0.25) is 0 Å². The van der Waals surface area contributed by atoms with E-state index >= 15 is 0 Å². The summed E-state index contributed by atoms with van der Waals surface area (Å²) in [4.78, 5) is 10.8. The second-order valence-corrected chi connectivity index (χ2v) is 4.24. The van der Waals surface area contributed by atoms with Gasteiger partial charge in [-0.15, -0.1) is 0 Å². The van der Waals surface area contributed by atoms with E-state index in [-0.39, 0.29) is 0 Å². The monoisotopic (exact) mass is 187 g/mol. The molecule has 1 rings (SSSR count). The van der Waals surface area contributed by atoms with Gasteiger partial charge in [0, 0.05) is 0 Å². The van der Waals surface area contributed by atoms with Crippen molar-refractivity contribution in [2.24, 2.45) is 0 Å². The van der Waals surface area contributed by atoms with E-state index in [1.54, 1.807) is 0 Å². The van der Waals surface area contributed by atoms with E-state index in [2.05, 4.69) is 20.8 Å². The van der Waals surface area contributed by atoms with E-state index < -0.39 is 6.23 Å². The molecule has 3 atom stereocenters. The number of aliphatic hydroxyl groups excluding tert-OH is 1. The van der Waals surface area contributed by atoms with Gasteiger partial charge >= 0.3 is 0 Å². The molecule has 76 valence electrons. The standard InChI is InChI=1S/C9H19N2O2/c1-7(2)11(4)8(3)5-9(13)10(11)6-12/h6-9,13H,5H2,1-4H3/q+1/t8-,9-,11?/m1/s1. The van der Waals surface area contributed by atoms with E-state index in [0.29, 0.717) is 23.1 Å². The van der Waals surface area contributed by atoms with E-state index in [1.807, 2.05) is 7.05 Å². The quantitative estimate of drug-likeness (QED) is 0.500. The van der Waals surface area contributed by atoms with Gasteiger partial charge in [-0.2, -0.15) is 5.01 Å². The van der Waals surface area contributed by atoms with Gasteiger partial charge in [0.25, 0.3) is 6.41 Å². The molecule has 0 radical (unpaired) electrons. The molecule has 0 aromatic rings. The van der Waals surface area contributed by atoms with Gasteiger partial charge in [0.15, 0.2) is 6.23 Å². The maximum atomic E-state index is 10.8. The number of carbonyl (C=O) groups excluding carboxylic acids is 1. The maximum Gasteiger partial charge on any atom is 0.258 e. The molecule has 1 amide bonds. The summed E-state index contributed by atoms with van der Waals surface area (Å²) in [7, 11) is 1.99. The first-order chi connectivity index (χ1) is 5.94. The van der Waals surface area contributed by atoms with E-state index in [9.17, 15) is 9.90 Å². The summed E-state index contributed by atoms with van der Waals surface area (Å²) < 4.78 is 0.505. The highest BCUT2D eigenvalue weighted by Crippen LogP contribution is 2.31. The summed E-state index contributed by atoms with van der Waals surface area (Å²) in [5, 5.41) is 11.1. The molecule has 1 aliphatic rings. The summed E-state index contributed by atoms with van der Waals surface area (Å²) in [5.74, 6) is 0. The van der Waals surface area contributed by atoms with Crippen molar-refractivity contribution in [3.8, 4) is 0 Å². The van der Waals surface area contributed by atoms with Crippen molar-refractivity contribution in [3.05, 3.63) is 0 Å². The topological polar surface area (TPSA) is 40.5 Å². The predicted molar refractivity (Wildman–Crippen MR) is 49.3 cm³/mol. The Balaban J connectivity index is 2.98. The van der Waals surface area contributed by atoms with Crippen molar-refractivity contribution < 1.29 is 14.5 Å². The lowest BCUT2D eigenvalue weighted by molar-refractivity contribution is -1.03. The number of rotatable bonds is 2. The molecule has 13 heavy (non-hydrogen) atoms. The van der Waals surface area contributed by atoms with Crippen LogP contribution in [0.3, 0.4) is 0 Å². The van der Waals surface area contributed by atoms with Crippen LogP contribution in [0.15, 0.2) is 0 Å². The molecular weight excluding hydrogens is 168 g/mol. The zero-order valence-electron chi connectivity index (χ0n) is 8.77. The van der Waals surface area contributed by atoms with Gasteiger partial charge in [-0.3, -0.25) is 4.79 Å². The van der Waals surface area contributed by atoms with Gasteiger partial charge < -0.3 is 5.11 Å². The van der Waals surface area contributed by atoms with Crippen LogP contribution in [-0.2, 0) is 4.79 Å². The van der Waals surface area contributed by atoms with Crippen LogP contribution in [0, 0.1) is 0 Å². The number of amides is 1. The molecule has 0 saturated carbocycles. The van der Waals surface area contributed by atoms with Gasteiger partial charge in [-0.1, -0.05) is 0 Å². The molecular formula is C9H19N2O2+. The normalized spacial score (nSPS) is 40.0. The van der Waals surface area contributed by atoms with Crippen LogP contribution in [0.25, 0.3) is 0 Å². The van der Waals surface area contributed by atoms with E-state index in [4.69, 9.17) is 0 Å². The van der Waals surface area contributed by atoms with Crippen LogP contribution in [0.4, 0.5) is 0 Å². The highest BCUT2D eigenvalue weighted by molar-refractivity contribution is 5.45. The Morgan fingerprint density at radius 3 is 2.46 bits per heavy atom. The molecule has 0 spiro atoms. The first-order valence-electron chi connectivity index (χ1n) is 4.72. The molecule has 1 fully saturated rings. The maximum absolute atomic E-state index is 10.8. The van der Waals surface area contributed by atoms with Crippen LogP contribution in [-0.4, -0.2) is 46.5 Å². The van der Waals surface area contributed by atoms with Crippen LogP contribution >= 0.6 is 0 Å². The zero-order valence-corrected chi connectivity index (χ0v) is 8.77. The number of carbonyl (C=O) groups is 1. The average molecular weight is 187 g/mol. The highest BCUT2D eigenvalue weighted by atomic mass is 16.3. The molecule has 0 aliphatic carbocycles. The van der Waals surface area contributed by atoms with Crippen molar-refractivity contribution in [2.45, 2.75) is 45.5 Å². The third-order valence-electron chi connectivity index (χ3n) is 3.40. The molecule has 1 heterocycles. The van der Waals surface area contributed by atoms with Gasteiger partial charge in [-0.25, -0.2) is 4.59 Å². The Morgan fingerprint density at radius 1 is 1.62 bits per heavy atom. The third-order valence-corrected chi connectivity index (χ3v) is 3.40. The first-order valence-corrected chi connectivity index (χ1v) is 4.72. The highest BCUT2D eigenvalue weighted by Gasteiger charge is 2.49. The Kier molecular flexibility index (Phi) is 2.63. The second kappa shape index (κ2) is 3.27. The molecule has 1 saturated heterocycles. The SMILES string of the molecule is CC(C)[N+]1(C)[C@H](C)C[C@@H](O)N1C=O. The number of aliphatic hydroxyl groups is 1. The summed E-state index contributed by atoms with van der Waals surface area (Å²) in [6, 6.07) is 0.595. The summed E-state index contributed by atoms with van der Waals surface area (Å²) in [6.07, 6.45) is 0.779. The van der Waals surface area contributed by atoms with Crippen LogP contribution in [0.1, 0.15) is 27.2 Å². The number of hydrogen-bond acceptors (Lipinski definition) is 2. The third kappa shape index (κ3) is 1.34. The predicted octanol–water partition coefficient (Wildman–Crippen LogP) is 0.325. The van der Waals surface area contributed by atoms with Crippen LogP contribution in [0.2, 0.25) is 0 Å². The lowest BCUT2D eigenvalue weighted by atomic mass is 10.2. The smallest absolute Gasteiger partial charge is 0.258 e. The molecule has 4 heteroatoms. The Labute approximate surface area is 79.3 Å². The molecule has 0 aromatic carbocycles. The number of quaternary nitrogens is 1. The van der Waals surface area contributed by atoms with E-state index in [0.717, 1.165) is 6.41 Å².